The number of hydrogen-bond donors (Lipinski definition) is 1. The largest absolute Gasteiger partial charge is 0.496 e. The number of ether oxygens (including phenoxy) is 3. The van der Waals surface area contributed by atoms with Gasteiger partial charge in [-0.1, -0.05) is 55.3 Å². The van der Waals surface area contributed by atoms with Crippen molar-refractivity contribution in [1.82, 2.24) is 14.9 Å². The molecule has 4 rings (SSSR count). The van der Waals surface area contributed by atoms with Gasteiger partial charge in [0.25, 0.3) is 0 Å². The lowest BCUT2D eigenvalue weighted by Crippen LogP contribution is -2.41. The third-order valence-electron chi connectivity index (χ3n) is 6.12. The Labute approximate surface area is 250 Å². The topological polar surface area (TPSA) is 103 Å². The Bertz CT molecular complexity index is 1560. The molecule has 0 radical (unpaired) electrons. The van der Waals surface area contributed by atoms with Crippen LogP contribution in [0.15, 0.2) is 67.0 Å². The Hall–Kier alpha value is -4.37. The number of carbonyl (C=O) groups excluding carboxylic acids is 2. The molecule has 2 amide bonds. The van der Waals surface area contributed by atoms with Gasteiger partial charge in [-0.05, 0) is 56.5 Å². The Kier molecular flexibility index (Phi) is 9.85. The molecule has 0 atom stereocenters. The molecule has 0 unspecified atom stereocenters. The van der Waals surface area contributed by atoms with Crippen LogP contribution in [-0.4, -0.2) is 46.1 Å². The number of aromatic nitrogens is 2. The molecule has 0 spiro atoms. The van der Waals surface area contributed by atoms with Crippen molar-refractivity contribution in [2.75, 3.05) is 19.0 Å². The first-order valence-corrected chi connectivity index (χ1v) is 14.0. The van der Waals surface area contributed by atoms with Crippen LogP contribution >= 0.6 is 11.6 Å². The van der Waals surface area contributed by atoms with Gasteiger partial charge in [0.2, 0.25) is 11.8 Å². The van der Waals surface area contributed by atoms with E-state index < -0.39 is 17.6 Å². The van der Waals surface area contributed by atoms with E-state index in [1.807, 2.05) is 42.5 Å². The van der Waals surface area contributed by atoms with E-state index in [0.717, 1.165) is 35.1 Å². The van der Waals surface area contributed by atoms with E-state index in [4.69, 9.17) is 25.8 Å². The van der Waals surface area contributed by atoms with Crippen molar-refractivity contribution in [3.8, 4) is 17.4 Å². The molecule has 9 nitrogen and oxygen atoms in total. The highest BCUT2D eigenvalue weighted by Gasteiger charge is 2.24. The van der Waals surface area contributed by atoms with Crippen LogP contribution in [0, 0.1) is 0 Å². The summed E-state index contributed by atoms with van der Waals surface area (Å²) in [6.45, 7) is 7.41. The first-order chi connectivity index (χ1) is 20.1. The summed E-state index contributed by atoms with van der Waals surface area (Å²) in [5, 5.41) is 3.76. The zero-order valence-electron chi connectivity index (χ0n) is 24.4. The number of rotatable bonds is 10. The molecule has 42 heavy (non-hydrogen) atoms. The second-order valence-electron chi connectivity index (χ2n) is 10.7. The van der Waals surface area contributed by atoms with Gasteiger partial charge in [-0.2, -0.15) is 0 Å². The number of carbonyl (C=O) groups is 2. The number of nitrogens with one attached hydrogen (secondary N) is 1. The highest BCUT2D eigenvalue weighted by molar-refractivity contribution is 6.32. The highest BCUT2D eigenvalue weighted by atomic mass is 35.5. The minimum absolute atomic E-state index is 0.175. The molecule has 0 fully saturated rings. The smallest absolute Gasteiger partial charge is 0.411 e. The van der Waals surface area contributed by atoms with Gasteiger partial charge >= 0.3 is 6.09 Å². The fourth-order valence-electron chi connectivity index (χ4n) is 4.30. The second kappa shape index (κ2) is 13.5. The van der Waals surface area contributed by atoms with Crippen molar-refractivity contribution >= 4 is 40.2 Å². The molecule has 10 heteroatoms. The monoisotopic (exact) mass is 590 g/mol. The summed E-state index contributed by atoms with van der Waals surface area (Å²) in [7, 11) is 1.64. The summed E-state index contributed by atoms with van der Waals surface area (Å²) in [6, 6.07) is 16.6. The van der Waals surface area contributed by atoms with Crippen molar-refractivity contribution in [1.29, 1.82) is 0 Å². The molecule has 0 saturated heterocycles. The van der Waals surface area contributed by atoms with Gasteiger partial charge in [0.1, 0.15) is 28.7 Å². The number of pyridine rings is 2. The van der Waals surface area contributed by atoms with Gasteiger partial charge in [0.15, 0.2) is 0 Å². The SMILES string of the molecule is CCCc1cc2c(Oc3ncc(NC(=O)CN(Cc4ccccc4)C(=O)OC(C)(C)C)cc3Cl)ccnc2cc1OC. The van der Waals surface area contributed by atoms with Crippen molar-refractivity contribution in [3.63, 3.8) is 0 Å². The first kappa shape index (κ1) is 30.6. The molecular formula is C32H35ClN4O5. The van der Waals surface area contributed by atoms with Crippen LogP contribution in [0.25, 0.3) is 10.9 Å². The van der Waals surface area contributed by atoms with Gasteiger partial charge in [0, 0.05) is 24.2 Å². The van der Waals surface area contributed by atoms with Crippen molar-refractivity contribution in [2.24, 2.45) is 0 Å². The van der Waals surface area contributed by atoms with Crippen LogP contribution in [-0.2, 0) is 22.5 Å². The number of aryl methyl sites for hydroxylation is 1. The maximum atomic E-state index is 13.0. The van der Waals surface area contributed by atoms with Gasteiger partial charge in [-0.3, -0.25) is 14.7 Å². The number of halogens is 1. The van der Waals surface area contributed by atoms with Gasteiger partial charge in [0.05, 0.1) is 24.5 Å². The van der Waals surface area contributed by atoms with Crippen LogP contribution < -0.4 is 14.8 Å². The molecule has 2 aromatic carbocycles. The average Bonchev–Trinajstić information content (AvgIpc) is 2.94. The molecule has 2 aromatic heterocycles. The lowest BCUT2D eigenvalue weighted by molar-refractivity contribution is -0.117. The lowest BCUT2D eigenvalue weighted by atomic mass is 10.0. The highest BCUT2D eigenvalue weighted by Crippen LogP contribution is 2.35. The molecule has 2 heterocycles. The molecule has 0 aliphatic heterocycles. The third kappa shape index (κ3) is 8.10. The van der Waals surface area contributed by atoms with Gasteiger partial charge in [-0.15, -0.1) is 0 Å². The Balaban J connectivity index is 1.49. The van der Waals surface area contributed by atoms with Crippen LogP contribution in [0.5, 0.6) is 17.4 Å². The number of methoxy groups -OCH3 is 1. The van der Waals surface area contributed by atoms with E-state index in [9.17, 15) is 9.59 Å². The van der Waals surface area contributed by atoms with E-state index in [0.29, 0.717) is 17.0 Å². The lowest BCUT2D eigenvalue weighted by Gasteiger charge is -2.27. The summed E-state index contributed by atoms with van der Waals surface area (Å²) >= 11 is 6.52. The van der Waals surface area contributed by atoms with Crippen LogP contribution in [0.2, 0.25) is 5.02 Å². The summed E-state index contributed by atoms with van der Waals surface area (Å²) in [6.07, 6.45) is 4.30. The Morgan fingerprint density at radius 1 is 1.02 bits per heavy atom. The van der Waals surface area contributed by atoms with Crippen LogP contribution in [0.1, 0.15) is 45.2 Å². The predicted molar refractivity (Wildman–Crippen MR) is 163 cm³/mol. The minimum atomic E-state index is -0.709. The van der Waals surface area contributed by atoms with Crippen molar-refractivity contribution < 1.29 is 23.8 Å². The summed E-state index contributed by atoms with van der Waals surface area (Å²) in [5.41, 5.74) is 2.28. The Morgan fingerprint density at radius 3 is 2.45 bits per heavy atom. The number of nitrogens with zero attached hydrogens (tertiary/aromatic N) is 3. The summed E-state index contributed by atoms with van der Waals surface area (Å²) < 4.78 is 17.2. The number of fused-ring (bicyclic) bond motifs is 1. The number of hydrogen-bond acceptors (Lipinski definition) is 7. The maximum Gasteiger partial charge on any atom is 0.411 e. The molecular weight excluding hydrogens is 556 g/mol. The number of amides is 2. The summed E-state index contributed by atoms with van der Waals surface area (Å²) in [5.74, 6) is 1.06. The number of benzene rings is 2. The van der Waals surface area contributed by atoms with E-state index in [1.54, 1.807) is 46.2 Å². The fourth-order valence-corrected chi connectivity index (χ4v) is 4.50. The second-order valence-corrected chi connectivity index (χ2v) is 11.1. The standard InChI is InChI=1S/C32H35ClN4O5/c1-6-10-22-15-24-26(17-28(22)40-5)34-14-13-27(24)41-30-25(33)16-23(18-35-30)36-29(38)20-37(31(39)42-32(2,3)4)19-21-11-8-7-9-12-21/h7-9,11-18H,6,10,19-20H2,1-5H3,(H,36,38). The number of anilines is 1. The maximum absolute atomic E-state index is 13.0. The van der Waals surface area contributed by atoms with E-state index in [1.165, 1.54) is 11.1 Å². The van der Waals surface area contributed by atoms with E-state index in [2.05, 4.69) is 22.2 Å². The quantitative estimate of drug-likeness (QED) is 0.205. The molecule has 0 saturated carbocycles. The third-order valence-corrected chi connectivity index (χ3v) is 6.39. The van der Waals surface area contributed by atoms with Crippen LogP contribution in [0.4, 0.5) is 10.5 Å². The predicted octanol–water partition coefficient (Wildman–Crippen LogP) is 7.41. The molecule has 4 aromatic rings. The zero-order valence-corrected chi connectivity index (χ0v) is 25.2. The van der Waals surface area contributed by atoms with Crippen molar-refractivity contribution in [3.05, 3.63) is 83.1 Å². The Morgan fingerprint density at radius 2 is 1.79 bits per heavy atom. The zero-order chi connectivity index (χ0) is 30.3. The fraction of sp³-hybridized carbons (Fsp3) is 0.312. The summed E-state index contributed by atoms with van der Waals surface area (Å²) in [4.78, 5) is 36.0. The van der Waals surface area contributed by atoms with Gasteiger partial charge in [-0.25, -0.2) is 9.78 Å². The van der Waals surface area contributed by atoms with E-state index >= 15 is 0 Å². The minimum Gasteiger partial charge on any atom is -0.496 e. The van der Waals surface area contributed by atoms with E-state index in [-0.39, 0.29) is 24.0 Å². The van der Waals surface area contributed by atoms with Gasteiger partial charge < -0.3 is 19.5 Å². The van der Waals surface area contributed by atoms with Crippen LogP contribution in [0.3, 0.4) is 0 Å². The van der Waals surface area contributed by atoms with Crippen molar-refractivity contribution in [2.45, 2.75) is 52.7 Å². The average molecular weight is 591 g/mol. The molecule has 220 valence electrons. The molecule has 1 N–H and O–H groups in total. The molecule has 0 aliphatic rings. The molecule has 0 bridgehead atoms. The first-order valence-electron chi connectivity index (χ1n) is 13.7. The normalized spacial score (nSPS) is 11.2. The molecule has 0 aliphatic carbocycles.